The van der Waals surface area contributed by atoms with Gasteiger partial charge in [0.15, 0.2) is 5.78 Å². The van der Waals surface area contributed by atoms with Gasteiger partial charge in [0.05, 0.1) is 11.3 Å². The first-order valence-corrected chi connectivity index (χ1v) is 16.6. The Morgan fingerprint density at radius 1 is 0.889 bits per heavy atom. The average Bonchev–Trinajstić information content (AvgIpc) is 2.97. The number of carbonyl (C=O) groups excluding carboxylic acids is 1. The van der Waals surface area contributed by atoms with Crippen molar-refractivity contribution >= 4 is 27.5 Å². The van der Waals surface area contributed by atoms with Crippen LogP contribution in [-0.2, 0) is 36.7 Å². The van der Waals surface area contributed by atoms with Gasteiger partial charge in [-0.2, -0.15) is 0 Å². The number of pyridine rings is 1. The maximum atomic E-state index is 11.7. The standard InChI is InChI=1S/C28H30N.C13H24O2.Ir/c1-18(2)13-21-17-26(29-27-14-19(3)11-12-24(21)27)22-15-20-9-7-8-10-23(20)25(16-22)28(4,5)6;1-5-10(6-2)12(14)9-13(15)11(7-3)8-4;/h7-12,14,16-18H,13H2,1-6H3;9-11,14H,5-8H2,1-4H3;/q-1;;/b;12-9-;. The Labute approximate surface area is 286 Å². The van der Waals surface area contributed by atoms with Crippen molar-refractivity contribution in [2.45, 2.75) is 107 Å². The Morgan fingerprint density at radius 3 is 2.09 bits per heavy atom. The van der Waals surface area contributed by atoms with Gasteiger partial charge < -0.3 is 5.11 Å². The third-order valence-corrected chi connectivity index (χ3v) is 8.62. The van der Waals surface area contributed by atoms with Gasteiger partial charge in [-0.05, 0) is 67.6 Å². The SMILES string of the molecule is CCC(CC)C(=O)/C=C(\O)C(CC)CC.Cc1ccc2c(CC(C)C)cc(-c3[c-]c4ccccc4c(C(C)(C)C)c3)nc2c1.[Ir]. The smallest absolute Gasteiger partial charge is 0.162 e. The van der Waals surface area contributed by atoms with Crippen molar-refractivity contribution in [3.63, 3.8) is 0 Å². The molecule has 4 heteroatoms. The van der Waals surface area contributed by atoms with E-state index in [0.29, 0.717) is 5.92 Å². The minimum absolute atomic E-state index is 0. The summed E-state index contributed by atoms with van der Waals surface area (Å²) in [5.41, 5.74) is 7.21. The number of nitrogens with zero attached hydrogens (tertiary/aromatic N) is 1. The second-order valence-electron chi connectivity index (χ2n) is 13.7. The van der Waals surface area contributed by atoms with Gasteiger partial charge >= 0.3 is 0 Å². The maximum absolute atomic E-state index is 11.7. The number of carbonyl (C=O) groups is 1. The van der Waals surface area contributed by atoms with Gasteiger partial charge in [0.25, 0.3) is 0 Å². The fourth-order valence-electron chi connectivity index (χ4n) is 5.93. The summed E-state index contributed by atoms with van der Waals surface area (Å²) < 4.78 is 0. The van der Waals surface area contributed by atoms with Crippen molar-refractivity contribution in [2.24, 2.45) is 17.8 Å². The predicted molar refractivity (Wildman–Crippen MR) is 189 cm³/mol. The monoisotopic (exact) mass is 785 g/mol. The second-order valence-corrected chi connectivity index (χ2v) is 13.7. The largest absolute Gasteiger partial charge is 0.512 e. The summed E-state index contributed by atoms with van der Waals surface area (Å²) in [7, 11) is 0. The molecule has 3 nitrogen and oxygen atoms in total. The fourth-order valence-corrected chi connectivity index (χ4v) is 5.93. The molecule has 0 saturated heterocycles. The van der Waals surface area contributed by atoms with Gasteiger partial charge in [0.2, 0.25) is 0 Å². The molecule has 0 saturated carbocycles. The summed E-state index contributed by atoms with van der Waals surface area (Å²) >= 11 is 0. The normalized spacial score (nSPS) is 12.1. The Balaban J connectivity index is 0.000000378. The molecule has 0 unspecified atom stereocenters. The number of benzene rings is 3. The molecular weight excluding hydrogens is 731 g/mol. The summed E-state index contributed by atoms with van der Waals surface area (Å²) in [6.45, 7) is 21.6. The van der Waals surface area contributed by atoms with Crippen LogP contribution in [-0.4, -0.2) is 15.9 Å². The topological polar surface area (TPSA) is 50.2 Å². The predicted octanol–water partition coefficient (Wildman–Crippen LogP) is 11.5. The summed E-state index contributed by atoms with van der Waals surface area (Å²) in [6, 6.07) is 23.4. The van der Waals surface area contributed by atoms with E-state index in [4.69, 9.17) is 4.98 Å². The number of aryl methyl sites for hydroxylation is 1. The van der Waals surface area contributed by atoms with E-state index in [1.807, 2.05) is 27.7 Å². The van der Waals surface area contributed by atoms with Crippen molar-refractivity contribution in [1.29, 1.82) is 0 Å². The first-order chi connectivity index (χ1) is 20.8. The summed E-state index contributed by atoms with van der Waals surface area (Å²) in [6.07, 6.45) is 5.96. The van der Waals surface area contributed by atoms with Gasteiger partial charge in [-0.3, -0.25) is 9.78 Å². The van der Waals surface area contributed by atoms with E-state index in [1.165, 1.54) is 33.5 Å². The second kappa shape index (κ2) is 17.2. The number of rotatable bonds is 10. The van der Waals surface area contributed by atoms with Crippen molar-refractivity contribution in [3.8, 4) is 11.3 Å². The number of aliphatic hydroxyl groups is 1. The van der Waals surface area contributed by atoms with E-state index in [2.05, 4.69) is 102 Å². The molecule has 1 N–H and O–H groups in total. The molecule has 1 aromatic heterocycles. The van der Waals surface area contributed by atoms with Gasteiger partial charge in [0.1, 0.15) is 0 Å². The summed E-state index contributed by atoms with van der Waals surface area (Å²) in [5, 5.41) is 13.5. The molecule has 45 heavy (non-hydrogen) atoms. The molecule has 4 rings (SSSR count). The van der Waals surface area contributed by atoms with Gasteiger partial charge in [0, 0.05) is 49.1 Å². The third-order valence-electron chi connectivity index (χ3n) is 8.62. The van der Waals surface area contributed by atoms with Crippen LogP contribution in [0.2, 0.25) is 0 Å². The van der Waals surface area contributed by atoms with Crippen LogP contribution in [0.3, 0.4) is 0 Å². The molecule has 0 bridgehead atoms. The van der Waals surface area contributed by atoms with E-state index in [1.54, 1.807) is 0 Å². The number of aromatic nitrogens is 1. The van der Waals surface area contributed by atoms with Crippen molar-refractivity contribution in [2.75, 3.05) is 0 Å². The van der Waals surface area contributed by atoms with Crippen LogP contribution in [0.4, 0.5) is 0 Å². The first kappa shape index (κ1) is 38.4. The molecule has 0 fully saturated rings. The average molecular weight is 785 g/mol. The minimum Gasteiger partial charge on any atom is -0.512 e. The third kappa shape index (κ3) is 10.1. The van der Waals surface area contributed by atoms with Crippen molar-refractivity contribution in [3.05, 3.63) is 89.2 Å². The molecule has 0 amide bonds. The molecule has 4 aromatic rings. The van der Waals surface area contributed by atoms with Crippen LogP contribution in [0, 0.1) is 30.7 Å². The van der Waals surface area contributed by atoms with Crippen LogP contribution in [0.15, 0.2) is 66.4 Å². The van der Waals surface area contributed by atoms with Crippen molar-refractivity contribution in [1.82, 2.24) is 4.98 Å². The first-order valence-electron chi connectivity index (χ1n) is 16.6. The van der Waals surface area contributed by atoms with E-state index in [9.17, 15) is 9.90 Å². The van der Waals surface area contributed by atoms with Crippen LogP contribution in [0.5, 0.6) is 0 Å². The number of hydrogen-bond acceptors (Lipinski definition) is 3. The number of allylic oxidation sites excluding steroid dienone is 2. The Morgan fingerprint density at radius 2 is 1.51 bits per heavy atom. The van der Waals surface area contributed by atoms with E-state index in [0.717, 1.165) is 54.3 Å². The molecule has 245 valence electrons. The quantitative estimate of drug-likeness (QED) is 0.0990. The Bertz CT molecular complexity index is 1590. The molecule has 1 radical (unpaired) electrons. The molecular formula is C41H54IrNO2-. The number of ketones is 1. The maximum Gasteiger partial charge on any atom is 0.162 e. The minimum atomic E-state index is 0. The Hall–Kier alpha value is -2.81. The summed E-state index contributed by atoms with van der Waals surface area (Å²) in [5.74, 6) is 1.14. The fraction of sp³-hybridized carbons (Fsp3) is 0.463. The molecule has 0 aliphatic rings. The molecule has 0 aliphatic carbocycles. The summed E-state index contributed by atoms with van der Waals surface area (Å²) in [4.78, 5) is 16.8. The zero-order valence-corrected chi connectivity index (χ0v) is 31.6. The van der Waals surface area contributed by atoms with Crippen LogP contribution in [0.1, 0.15) is 105 Å². The van der Waals surface area contributed by atoms with Crippen LogP contribution >= 0.6 is 0 Å². The van der Waals surface area contributed by atoms with Crippen LogP contribution < -0.4 is 0 Å². The molecule has 0 atom stereocenters. The molecule has 3 aromatic carbocycles. The molecule has 0 aliphatic heterocycles. The number of hydrogen-bond donors (Lipinski definition) is 1. The van der Waals surface area contributed by atoms with Crippen LogP contribution in [0.25, 0.3) is 32.9 Å². The van der Waals surface area contributed by atoms with E-state index >= 15 is 0 Å². The van der Waals surface area contributed by atoms with E-state index in [-0.39, 0.29) is 48.9 Å². The number of aliphatic hydroxyl groups excluding tert-OH is 1. The molecule has 0 spiro atoms. The van der Waals surface area contributed by atoms with E-state index < -0.39 is 0 Å². The van der Waals surface area contributed by atoms with Gasteiger partial charge in [-0.15, -0.1) is 29.1 Å². The zero-order chi connectivity index (χ0) is 32.6. The zero-order valence-electron chi connectivity index (χ0n) is 29.2. The Kier molecular flexibility index (Phi) is 14.7. The van der Waals surface area contributed by atoms with Gasteiger partial charge in [-0.25, -0.2) is 0 Å². The molecule has 1 heterocycles. The van der Waals surface area contributed by atoms with Crippen molar-refractivity contribution < 1.29 is 30.0 Å². The number of fused-ring (bicyclic) bond motifs is 2. The van der Waals surface area contributed by atoms with Gasteiger partial charge in [-0.1, -0.05) is 110 Å².